The van der Waals surface area contributed by atoms with E-state index in [9.17, 15) is 24.6 Å². The molecule has 5 atom stereocenters. The smallest absolute Gasteiger partial charge is 0.252 e. The zero-order valence-corrected chi connectivity index (χ0v) is 29.0. The van der Waals surface area contributed by atoms with Crippen LogP contribution in [-0.4, -0.2) is 73.3 Å². The highest BCUT2D eigenvalue weighted by Crippen LogP contribution is 2.40. The van der Waals surface area contributed by atoms with Gasteiger partial charge < -0.3 is 34.9 Å². The van der Waals surface area contributed by atoms with Crippen LogP contribution >= 0.6 is 23.4 Å². The predicted octanol–water partition coefficient (Wildman–Crippen LogP) is 4.31. The van der Waals surface area contributed by atoms with Crippen molar-refractivity contribution in [1.29, 1.82) is 0 Å². The Hall–Kier alpha value is -4.10. The van der Waals surface area contributed by atoms with Crippen molar-refractivity contribution in [2.45, 2.75) is 69.2 Å². The van der Waals surface area contributed by atoms with Crippen LogP contribution < -0.4 is 15.4 Å². The van der Waals surface area contributed by atoms with Gasteiger partial charge in [0.1, 0.15) is 36.4 Å². The van der Waals surface area contributed by atoms with Crippen LogP contribution in [0.5, 0.6) is 5.75 Å². The number of aryl methyl sites for hydroxylation is 1. The molecule has 2 aliphatic heterocycles. The Morgan fingerprint density at radius 2 is 1.96 bits per heavy atom. The van der Waals surface area contributed by atoms with Crippen LogP contribution in [0.4, 0.5) is 0 Å². The van der Waals surface area contributed by atoms with Crippen molar-refractivity contribution in [2.24, 2.45) is 5.92 Å². The molecule has 6 rings (SSSR count). The third-order valence-corrected chi connectivity index (χ3v) is 10.9. The first kappa shape index (κ1) is 34.8. The number of aliphatic hydroxyl groups is 2. The molecule has 1 saturated heterocycles. The highest BCUT2D eigenvalue weighted by Gasteiger charge is 2.49. The Bertz CT molecular complexity index is 1810. The summed E-state index contributed by atoms with van der Waals surface area (Å²) in [5, 5.41) is 29.4. The summed E-state index contributed by atoms with van der Waals surface area (Å²) < 4.78 is 10.9. The fourth-order valence-electron chi connectivity index (χ4n) is 6.50. The second-order valence-electron chi connectivity index (χ2n) is 13.0. The Morgan fingerprint density at radius 1 is 1.16 bits per heavy atom. The molecule has 1 fully saturated rings. The maximum Gasteiger partial charge on any atom is 0.252 e. The molecule has 13 heteroatoms. The molecule has 2 aromatic carbocycles. The maximum absolute atomic E-state index is 14.0. The number of aromatic nitrogens is 1. The van der Waals surface area contributed by atoms with Gasteiger partial charge in [-0.2, -0.15) is 0 Å². The Labute approximate surface area is 293 Å². The standard InChI is InChI=1S/C36H39ClN4O7S/c1-20-7-6-9-26(37)25(20)16-39-34(45)32-36(2,3)49-19-41(32)35(46)27(42)15-22(14-23-13-21-11-12-38-17-30(21)48-23)33(44)40-31-24-8-4-5-10-29(24)47-18-28(31)43/h4-13,17,22,27-28,31-32,42-43H,14-16,18-19H2,1-3H3,(H,39,45)(H,40,44)/t22-,27+,28-,31+,32-/m1/s1. The van der Waals surface area contributed by atoms with Gasteiger partial charge in [-0.25, -0.2) is 0 Å². The Balaban J connectivity index is 1.21. The number of furan rings is 1. The van der Waals surface area contributed by atoms with Gasteiger partial charge >= 0.3 is 0 Å². The third kappa shape index (κ3) is 7.42. The van der Waals surface area contributed by atoms with E-state index in [2.05, 4.69) is 15.6 Å². The van der Waals surface area contributed by atoms with Gasteiger partial charge in [0, 0.05) is 45.8 Å². The molecule has 4 heterocycles. The van der Waals surface area contributed by atoms with E-state index in [4.69, 9.17) is 20.8 Å². The van der Waals surface area contributed by atoms with E-state index in [0.29, 0.717) is 27.7 Å². The largest absolute Gasteiger partial charge is 0.490 e. The summed E-state index contributed by atoms with van der Waals surface area (Å²) in [5.41, 5.74) is 2.88. The summed E-state index contributed by atoms with van der Waals surface area (Å²) in [7, 11) is 0. The lowest BCUT2D eigenvalue weighted by atomic mass is 9.92. The number of carbonyl (C=O) groups excluding carboxylic acids is 3. The third-order valence-electron chi connectivity index (χ3n) is 9.20. The van der Waals surface area contributed by atoms with E-state index >= 15 is 0 Å². The number of ether oxygens (including phenoxy) is 1. The summed E-state index contributed by atoms with van der Waals surface area (Å²) in [4.78, 5) is 47.0. The van der Waals surface area contributed by atoms with Crippen molar-refractivity contribution in [2.75, 3.05) is 12.5 Å². The molecule has 2 aliphatic rings. The van der Waals surface area contributed by atoms with Crippen molar-refractivity contribution in [3.05, 3.63) is 94.5 Å². The number of hydrogen-bond donors (Lipinski definition) is 4. The number of aliphatic hydroxyl groups excluding tert-OH is 2. The fraction of sp³-hybridized carbons (Fsp3) is 0.389. The first-order valence-electron chi connectivity index (χ1n) is 16.1. The summed E-state index contributed by atoms with van der Waals surface area (Å²) in [5.74, 6) is -1.23. The van der Waals surface area contributed by atoms with Crippen molar-refractivity contribution in [1.82, 2.24) is 20.5 Å². The molecule has 258 valence electrons. The van der Waals surface area contributed by atoms with Gasteiger partial charge in [-0.3, -0.25) is 19.4 Å². The SMILES string of the molecule is Cc1cccc(Cl)c1CNC(=O)[C@H]1N(C(=O)[C@@H](O)C[C@@H](Cc2cc3ccncc3o2)C(=O)N[C@H]2c3ccccc3OC[C@H]2O)CSC1(C)C. The molecule has 4 aromatic rings. The molecule has 0 aliphatic carbocycles. The van der Waals surface area contributed by atoms with Crippen LogP contribution in [0.25, 0.3) is 11.0 Å². The number of rotatable bonds is 10. The molecule has 49 heavy (non-hydrogen) atoms. The molecule has 0 saturated carbocycles. The number of halogens is 1. The molecule has 0 bridgehead atoms. The number of hydrogen-bond acceptors (Lipinski definition) is 9. The minimum atomic E-state index is -1.61. The number of para-hydroxylation sites is 1. The summed E-state index contributed by atoms with van der Waals surface area (Å²) >= 11 is 7.82. The molecule has 0 unspecified atom stereocenters. The number of fused-ring (bicyclic) bond motifs is 2. The normalized spacial score (nSPS) is 21.0. The number of nitrogens with one attached hydrogen (secondary N) is 2. The van der Waals surface area contributed by atoms with Crippen molar-refractivity contribution >= 4 is 52.1 Å². The number of amides is 3. The van der Waals surface area contributed by atoms with E-state index in [-0.39, 0.29) is 37.8 Å². The first-order chi connectivity index (χ1) is 23.4. The lowest BCUT2D eigenvalue weighted by Crippen LogP contribution is -2.55. The number of carbonyl (C=O) groups is 3. The second kappa shape index (κ2) is 14.4. The molecule has 11 nitrogen and oxygen atoms in total. The van der Waals surface area contributed by atoms with E-state index in [0.717, 1.165) is 16.5 Å². The Morgan fingerprint density at radius 3 is 2.73 bits per heavy atom. The van der Waals surface area contributed by atoms with Gasteiger partial charge in [0.25, 0.3) is 5.91 Å². The number of nitrogens with zero attached hydrogens (tertiary/aromatic N) is 2. The van der Waals surface area contributed by atoms with Gasteiger partial charge in [-0.1, -0.05) is 41.9 Å². The highest BCUT2D eigenvalue weighted by atomic mass is 35.5. The van der Waals surface area contributed by atoms with Crippen LogP contribution in [-0.2, 0) is 27.3 Å². The highest BCUT2D eigenvalue weighted by molar-refractivity contribution is 8.00. The van der Waals surface area contributed by atoms with Gasteiger partial charge in [-0.05, 0) is 62.6 Å². The summed E-state index contributed by atoms with van der Waals surface area (Å²) in [6.45, 7) is 5.85. The van der Waals surface area contributed by atoms with Crippen LogP contribution in [0.1, 0.15) is 48.8 Å². The van der Waals surface area contributed by atoms with Gasteiger partial charge in [-0.15, -0.1) is 11.8 Å². The topological polar surface area (TPSA) is 154 Å². The van der Waals surface area contributed by atoms with Crippen LogP contribution in [0.3, 0.4) is 0 Å². The molecular formula is C36H39ClN4O7S. The molecule has 0 spiro atoms. The lowest BCUT2D eigenvalue weighted by molar-refractivity contribution is -0.147. The molecule has 2 aromatic heterocycles. The van der Waals surface area contributed by atoms with Crippen LogP contribution in [0, 0.1) is 12.8 Å². The maximum atomic E-state index is 14.0. The first-order valence-corrected chi connectivity index (χ1v) is 17.5. The molecular weight excluding hydrogens is 668 g/mol. The van der Waals surface area contributed by atoms with Crippen molar-refractivity contribution in [3.63, 3.8) is 0 Å². The number of pyridine rings is 1. The summed E-state index contributed by atoms with van der Waals surface area (Å²) in [6.07, 6.45) is 0.399. The molecule has 0 radical (unpaired) electrons. The predicted molar refractivity (Wildman–Crippen MR) is 186 cm³/mol. The fourth-order valence-corrected chi connectivity index (χ4v) is 7.92. The van der Waals surface area contributed by atoms with E-state index in [1.807, 2.05) is 32.9 Å². The van der Waals surface area contributed by atoms with E-state index < -0.39 is 46.8 Å². The minimum absolute atomic E-state index is 0.00772. The van der Waals surface area contributed by atoms with Crippen LogP contribution in [0.2, 0.25) is 5.02 Å². The van der Waals surface area contributed by atoms with E-state index in [1.54, 1.807) is 54.9 Å². The number of benzene rings is 2. The minimum Gasteiger partial charge on any atom is -0.490 e. The summed E-state index contributed by atoms with van der Waals surface area (Å²) in [6, 6.07) is 14.6. The average Bonchev–Trinajstić information content (AvgIpc) is 3.64. The monoisotopic (exact) mass is 706 g/mol. The van der Waals surface area contributed by atoms with E-state index in [1.165, 1.54) is 16.7 Å². The zero-order valence-electron chi connectivity index (χ0n) is 27.4. The average molecular weight is 707 g/mol. The van der Waals surface area contributed by atoms with Gasteiger partial charge in [0.2, 0.25) is 11.8 Å². The van der Waals surface area contributed by atoms with Gasteiger partial charge in [0.15, 0.2) is 5.58 Å². The van der Waals surface area contributed by atoms with Crippen LogP contribution in [0.15, 0.2) is 71.4 Å². The number of thioether (sulfide) groups is 1. The lowest BCUT2D eigenvalue weighted by Gasteiger charge is -2.33. The molecule has 4 N–H and O–H groups in total. The van der Waals surface area contributed by atoms with Gasteiger partial charge in [0.05, 0.1) is 18.1 Å². The second-order valence-corrected chi connectivity index (χ2v) is 15.0. The van der Waals surface area contributed by atoms with Crippen molar-refractivity contribution < 1.29 is 33.8 Å². The Kier molecular flexibility index (Phi) is 10.2. The zero-order chi connectivity index (χ0) is 34.9. The quantitative estimate of drug-likeness (QED) is 0.189. The molecule has 3 amide bonds. The van der Waals surface area contributed by atoms with Crippen molar-refractivity contribution in [3.8, 4) is 5.75 Å².